The number of hydrogen-bond acceptors (Lipinski definition) is 3. The van der Waals surface area contributed by atoms with E-state index in [1.165, 1.54) is 11.1 Å². The van der Waals surface area contributed by atoms with E-state index in [2.05, 4.69) is 39.8 Å². The van der Waals surface area contributed by atoms with Crippen LogP contribution in [0.4, 0.5) is 0 Å². The summed E-state index contributed by atoms with van der Waals surface area (Å²) in [6.07, 6.45) is 1.97. The molecule has 20 heavy (non-hydrogen) atoms. The first-order chi connectivity index (χ1) is 9.34. The van der Waals surface area contributed by atoms with Crippen molar-refractivity contribution in [3.63, 3.8) is 0 Å². The maximum atomic E-state index is 6.19. The van der Waals surface area contributed by atoms with E-state index < -0.39 is 0 Å². The SMILES string of the molecule is COc1cccc2c1CC(B1OC(C)(C)C(C)(C)O1)C2. The van der Waals surface area contributed by atoms with Crippen molar-refractivity contribution >= 4 is 7.12 Å². The zero-order chi connectivity index (χ0) is 14.5. The van der Waals surface area contributed by atoms with E-state index in [-0.39, 0.29) is 18.3 Å². The van der Waals surface area contributed by atoms with Crippen molar-refractivity contribution in [3.8, 4) is 5.75 Å². The Morgan fingerprint density at radius 1 is 1.10 bits per heavy atom. The molecule has 4 heteroatoms. The maximum Gasteiger partial charge on any atom is 0.461 e. The standard InChI is InChI=1S/C16H23BO3/c1-15(2)16(3,4)20-17(19-15)12-9-11-7-6-8-14(18-5)13(11)10-12/h6-8,12H,9-10H2,1-5H3. The molecule has 2 aliphatic rings. The molecule has 1 aliphatic heterocycles. The second kappa shape index (κ2) is 4.50. The fraction of sp³-hybridized carbons (Fsp3) is 0.625. The smallest absolute Gasteiger partial charge is 0.461 e. The topological polar surface area (TPSA) is 27.7 Å². The lowest BCUT2D eigenvalue weighted by atomic mass is 9.70. The van der Waals surface area contributed by atoms with Gasteiger partial charge in [-0.25, -0.2) is 0 Å². The highest BCUT2D eigenvalue weighted by Crippen LogP contribution is 2.45. The lowest BCUT2D eigenvalue weighted by molar-refractivity contribution is 0.00578. The molecule has 1 atom stereocenters. The molecule has 0 aromatic heterocycles. The zero-order valence-electron chi connectivity index (χ0n) is 13.0. The van der Waals surface area contributed by atoms with Crippen LogP contribution in [0.3, 0.4) is 0 Å². The van der Waals surface area contributed by atoms with Gasteiger partial charge < -0.3 is 14.0 Å². The van der Waals surface area contributed by atoms with Crippen LogP contribution in [-0.4, -0.2) is 25.4 Å². The average Bonchev–Trinajstić information content (AvgIpc) is 2.88. The van der Waals surface area contributed by atoms with Crippen molar-refractivity contribution in [2.45, 2.75) is 57.6 Å². The van der Waals surface area contributed by atoms with Gasteiger partial charge in [0.15, 0.2) is 0 Å². The van der Waals surface area contributed by atoms with Crippen molar-refractivity contribution in [1.82, 2.24) is 0 Å². The molecule has 0 bridgehead atoms. The predicted octanol–water partition coefficient (Wildman–Crippen LogP) is 3.26. The highest BCUT2D eigenvalue weighted by Gasteiger charge is 2.54. The largest absolute Gasteiger partial charge is 0.496 e. The van der Waals surface area contributed by atoms with Crippen LogP contribution in [0.1, 0.15) is 38.8 Å². The Morgan fingerprint density at radius 3 is 2.35 bits per heavy atom. The van der Waals surface area contributed by atoms with Crippen LogP contribution < -0.4 is 4.74 Å². The number of rotatable bonds is 2. The number of methoxy groups -OCH3 is 1. The Labute approximate surface area is 121 Å². The van der Waals surface area contributed by atoms with Gasteiger partial charge in [0.1, 0.15) is 5.75 Å². The molecule has 1 saturated heterocycles. The number of fused-ring (bicyclic) bond motifs is 1. The monoisotopic (exact) mass is 274 g/mol. The van der Waals surface area contributed by atoms with Gasteiger partial charge in [-0.15, -0.1) is 0 Å². The Bertz CT molecular complexity index is 508. The van der Waals surface area contributed by atoms with Gasteiger partial charge in [-0.2, -0.15) is 0 Å². The Hall–Kier alpha value is -0.995. The minimum Gasteiger partial charge on any atom is -0.496 e. The average molecular weight is 274 g/mol. The van der Waals surface area contributed by atoms with Crippen LogP contribution >= 0.6 is 0 Å². The van der Waals surface area contributed by atoms with E-state index in [1.807, 2.05) is 6.07 Å². The molecule has 1 unspecified atom stereocenters. The van der Waals surface area contributed by atoms with Crippen molar-refractivity contribution in [2.24, 2.45) is 0 Å². The highest BCUT2D eigenvalue weighted by atomic mass is 16.7. The molecule has 0 saturated carbocycles. The van der Waals surface area contributed by atoms with Crippen LogP contribution in [0.15, 0.2) is 18.2 Å². The van der Waals surface area contributed by atoms with E-state index >= 15 is 0 Å². The van der Waals surface area contributed by atoms with Gasteiger partial charge in [-0.3, -0.25) is 0 Å². The fourth-order valence-electron chi connectivity index (χ4n) is 3.12. The second-order valence-electron chi connectivity index (χ2n) is 6.89. The molecule has 108 valence electrons. The summed E-state index contributed by atoms with van der Waals surface area (Å²) >= 11 is 0. The van der Waals surface area contributed by atoms with E-state index in [0.717, 1.165) is 18.6 Å². The molecule has 3 nitrogen and oxygen atoms in total. The van der Waals surface area contributed by atoms with Crippen molar-refractivity contribution < 1.29 is 14.0 Å². The number of hydrogen-bond donors (Lipinski definition) is 0. The summed E-state index contributed by atoms with van der Waals surface area (Å²) in [5.74, 6) is 1.36. The van der Waals surface area contributed by atoms with Gasteiger partial charge >= 0.3 is 7.12 Å². The quantitative estimate of drug-likeness (QED) is 0.775. The Balaban J connectivity index is 1.80. The number of ether oxygens (including phenoxy) is 1. The third kappa shape index (κ3) is 2.06. The van der Waals surface area contributed by atoms with Crippen LogP contribution in [0, 0.1) is 0 Å². The van der Waals surface area contributed by atoms with Gasteiger partial charge in [-0.05, 0) is 57.7 Å². The van der Waals surface area contributed by atoms with Crippen LogP contribution in [0.2, 0.25) is 5.82 Å². The molecule has 1 aliphatic carbocycles. The van der Waals surface area contributed by atoms with Crippen LogP contribution in [0.5, 0.6) is 5.75 Å². The zero-order valence-corrected chi connectivity index (χ0v) is 13.0. The van der Waals surface area contributed by atoms with Gasteiger partial charge in [0, 0.05) is 5.82 Å². The lowest BCUT2D eigenvalue weighted by Gasteiger charge is -2.32. The molecule has 1 aromatic carbocycles. The van der Waals surface area contributed by atoms with Crippen molar-refractivity contribution in [2.75, 3.05) is 7.11 Å². The summed E-state index contributed by atoms with van der Waals surface area (Å²) in [4.78, 5) is 0. The molecule has 0 N–H and O–H groups in total. The normalized spacial score (nSPS) is 26.6. The van der Waals surface area contributed by atoms with E-state index in [1.54, 1.807) is 7.11 Å². The van der Waals surface area contributed by atoms with E-state index in [9.17, 15) is 0 Å². The first-order valence-electron chi connectivity index (χ1n) is 7.34. The lowest BCUT2D eigenvalue weighted by Crippen LogP contribution is -2.41. The van der Waals surface area contributed by atoms with Crippen molar-refractivity contribution in [1.29, 1.82) is 0 Å². The van der Waals surface area contributed by atoms with Gasteiger partial charge in [0.25, 0.3) is 0 Å². The Kier molecular flexibility index (Phi) is 3.14. The Morgan fingerprint density at radius 2 is 1.75 bits per heavy atom. The first-order valence-corrected chi connectivity index (χ1v) is 7.34. The molecule has 1 heterocycles. The predicted molar refractivity (Wildman–Crippen MR) is 80.2 cm³/mol. The summed E-state index contributed by atoms with van der Waals surface area (Å²) in [5.41, 5.74) is 2.17. The molecule has 1 fully saturated rings. The molecular weight excluding hydrogens is 251 g/mol. The van der Waals surface area contributed by atoms with Crippen molar-refractivity contribution in [3.05, 3.63) is 29.3 Å². The summed E-state index contributed by atoms with van der Waals surface area (Å²) in [5, 5.41) is 0. The third-order valence-corrected chi connectivity index (χ3v) is 5.05. The van der Waals surface area contributed by atoms with E-state index in [4.69, 9.17) is 14.0 Å². The first kappa shape index (κ1) is 14.0. The van der Waals surface area contributed by atoms with Crippen LogP contribution in [0.25, 0.3) is 0 Å². The summed E-state index contributed by atoms with van der Waals surface area (Å²) in [7, 11) is 1.61. The van der Waals surface area contributed by atoms with Gasteiger partial charge in [0.05, 0.1) is 18.3 Å². The summed E-state index contributed by atoms with van der Waals surface area (Å²) < 4.78 is 17.8. The summed E-state index contributed by atoms with van der Waals surface area (Å²) in [6, 6.07) is 6.28. The molecule has 3 rings (SSSR count). The minimum atomic E-state index is -0.253. The maximum absolute atomic E-state index is 6.19. The second-order valence-corrected chi connectivity index (χ2v) is 6.89. The fourth-order valence-corrected chi connectivity index (χ4v) is 3.12. The summed E-state index contributed by atoms with van der Waals surface area (Å²) in [6.45, 7) is 8.43. The molecule has 0 spiro atoms. The minimum absolute atomic E-state index is 0.128. The van der Waals surface area contributed by atoms with Gasteiger partial charge in [0.2, 0.25) is 0 Å². The third-order valence-electron chi connectivity index (χ3n) is 5.05. The van der Waals surface area contributed by atoms with Gasteiger partial charge in [-0.1, -0.05) is 12.1 Å². The number of benzene rings is 1. The molecule has 0 amide bonds. The highest BCUT2D eigenvalue weighted by molar-refractivity contribution is 6.47. The molecule has 1 aromatic rings. The molecular formula is C16H23BO3. The van der Waals surface area contributed by atoms with E-state index in [0.29, 0.717) is 5.82 Å². The van der Waals surface area contributed by atoms with Crippen LogP contribution in [-0.2, 0) is 22.2 Å². The molecule has 0 radical (unpaired) electrons.